The number of rotatable bonds is 6. The zero-order chi connectivity index (χ0) is 30.5. The van der Waals surface area contributed by atoms with Crippen LogP contribution in [0.15, 0.2) is 66.7 Å². The van der Waals surface area contributed by atoms with Gasteiger partial charge in [-0.2, -0.15) is 0 Å². The van der Waals surface area contributed by atoms with Crippen molar-refractivity contribution < 1.29 is 9.59 Å². The fraction of sp³-hybridized carbons (Fsp3) is 0.290. The summed E-state index contributed by atoms with van der Waals surface area (Å²) in [7, 11) is 0. The highest BCUT2D eigenvalue weighted by Gasteiger charge is 2.20. The lowest BCUT2D eigenvalue weighted by Crippen LogP contribution is -2.50. The van der Waals surface area contributed by atoms with Crippen molar-refractivity contribution in [2.24, 2.45) is 11.5 Å². The maximum atomic E-state index is 13.0. The predicted octanol–water partition coefficient (Wildman–Crippen LogP) is 2.53. The topological polar surface area (TPSA) is 171 Å². The van der Waals surface area contributed by atoms with Gasteiger partial charge in [0.15, 0.2) is 11.9 Å². The molecule has 0 aliphatic carbocycles. The molecule has 3 aromatic rings. The van der Waals surface area contributed by atoms with E-state index in [1.54, 1.807) is 18.2 Å². The largest absolute Gasteiger partial charge is 0.370 e. The second-order valence-electron chi connectivity index (χ2n) is 10.8. The maximum Gasteiger partial charge on any atom is 0.255 e. The zero-order valence-electron chi connectivity index (χ0n) is 24.3. The van der Waals surface area contributed by atoms with Gasteiger partial charge < -0.3 is 41.7 Å². The first-order chi connectivity index (χ1) is 20.7. The average molecular weight is 583 g/mol. The molecule has 0 aromatic heterocycles. The molecule has 2 heterocycles. The van der Waals surface area contributed by atoms with E-state index in [-0.39, 0.29) is 23.7 Å². The van der Waals surface area contributed by atoms with Gasteiger partial charge in [0.1, 0.15) is 0 Å². The van der Waals surface area contributed by atoms with E-state index in [2.05, 4.69) is 20.4 Å². The molecule has 5 rings (SSSR count). The summed E-state index contributed by atoms with van der Waals surface area (Å²) in [6.07, 6.45) is 0. The van der Waals surface area contributed by atoms with Crippen LogP contribution >= 0.6 is 0 Å². The molecule has 8 N–H and O–H groups in total. The van der Waals surface area contributed by atoms with Crippen molar-refractivity contribution in [3.8, 4) is 0 Å². The SMILES string of the molecule is Cc1cc(C(=O)Nc2ccc(N3CCN(C(=N)N)CC3)cc2)ccc1C(=O)Nc1ccc(N2CCN(C(=N)N)CC2)cc1. The lowest BCUT2D eigenvalue weighted by Gasteiger charge is -2.36. The third-order valence-electron chi connectivity index (χ3n) is 7.95. The van der Waals surface area contributed by atoms with Gasteiger partial charge in [-0.25, -0.2) is 0 Å². The highest BCUT2D eigenvalue weighted by molar-refractivity contribution is 6.08. The van der Waals surface area contributed by atoms with E-state index in [1.807, 2.05) is 65.3 Å². The zero-order valence-corrected chi connectivity index (χ0v) is 24.3. The number of nitrogens with two attached hydrogens (primary N) is 2. The number of nitrogens with one attached hydrogen (secondary N) is 4. The molecule has 0 radical (unpaired) electrons. The van der Waals surface area contributed by atoms with Crippen molar-refractivity contribution in [2.45, 2.75) is 6.92 Å². The van der Waals surface area contributed by atoms with E-state index in [4.69, 9.17) is 22.3 Å². The van der Waals surface area contributed by atoms with E-state index < -0.39 is 0 Å². The molecule has 0 saturated carbocycles. The number of nitrogens with zero attached hydrogens (tertiary/aromatic N) is 4. The Bertz CT molecular complexity index is 1490. The Morgan fingerprint density at radius 2 is 1.05 bits per heavy atom. The minimum absolute atomic E-state index is 0.102. The first-order valence-corrected chi connectivity index (χ1v) is 14.3. The number of carbonyl (C=O) groups is 2. The minimum Gasteiger partial charge on any atom is -0.370 e. The second-order valence-corrected chi connectivity index (χ2v) is 10.8. The van der Waals surface area contributed by atoms with Crippen molar-refractivity contribution in [3.63, 3.8) is 0 Å². The van der Waals surface area contributed by atoms with E-state index in [0.717, 1.165) is 37.6 Å². The fourth-order valence-corrected chi connectivity index (χ4v) is 5.38. The Hall–Kier alpha value is -5.26. The summed E-state index contributed by atoms with van der Waals surface area (Å²) in [6, 6.07) is 20.4. The van der Waals surface area contributed by atoms with Crippen molar-refractivity contribution in [1.82, 2.24) is 9.80 Å². The maximum absolute atomic E-state index is 13.0. The molecule has 3 aromatic carbocycles. The summed E-state index contributed by atoms with van der Waals surface area (Å²) < 4.78 is 0. The molecule has 2 fully saturated rings. The van der Waals surface area contributed by atoms with E-state index >= 15 is 0 Å². The first-order valence-electron chi connectivity index (χ1n) is 14.3. The van der Waals surface area contributed by atoms with Crippen molar-refractivity contribution in [3.05, 3.63) is 83.4 Å². The highest BCUT2D eigenvalue weighted by atomic mass is 16.2. The number of hydrogen-bond acceptors (Lipinski definition) is 6. The summed E-state index contributed by atoms with van der Waals surface area (Å²) in [5.41, 5.74) is 16.3. The van der Waals surface area contributed by atoms with Crippen LogP contribution < -0.4 is 31.9 Å². The molecule has 43 heavy (non-hydrogen) atoms. The smallest absolute Gasteiger partial charge is 0.255 e. The van der Waals surface area contributed by atoms with E-state index in [1.165, 1.54) is 0 Å². The van der Waals surface area contributed by atoms with Gasteiger partial charge in [-0.1, -0.05) is 0 Å². The molecule has 0 spiro atoms. The molecule has 12 nitrogen and oxygen atoms in total. The van der Waals surface area contributed by atoms with Gasteiger partial charge in [0.05, 0.1) is 0 Å². The molecule has 2 aliphatic heterocycles. The third-order valence-corrected chi connectivity index (χ3v) is 7.95. The number of aryl methyl sites for hydroxylation is 1. The number of anilines is 4. The number of guanidine groups is 2. The Balaban J connectivity index is 1.14. The van der Waals surface area contributed by atoms with E-state index in [0.29, 0.717) is 54.2 Å². The van der Waals surface area contributed by atoms with Crippen LogP contribution in [0.3, 0.4) is 0 Å². The van der Waals surface area contributed by atoms with Crippen molar-refractivity contribution in [2.75, 3.05) is 72.8 Å². The van der Waals surface area contributed by atoms with Crippen LogP contribution in [0, 0.1) is 17.7 Å². The lowest BCUT2D eigenvalue weighted by molar-refractivity contribution is 0.101. The van der Waals surface area contributed by atoms with Crippen molar-refractivity contribution in [1.29, 1.82) is 10.8 Å². The van der Waals surface area contributed by atoms with Crippen LogP contribution in [-0.2, 0) is 0 Å². The summed E-state index contributed by atoms with van der Waals surface area (Å²) in [4.78, 5) is 34.1. The molecule has 0 unspecified atom stereocenters. The number of carbonyl (C=O) groups excluding carboxylic acids is 2. The number of piperazine rings is 2. The predicted molar refractivity (Wildman–Crippen MR) is 171 cm³/mol. The van der Waals surface area contributed by atoms with Gasteiger partial charge in [-0.05, 0) is 79.2 Å². The number of benzene rings is 3. The number of hydrogen-bond donors (Lipinski definition) is 6. The minimum atomic E-state index is -0.252. The fourth-order valence-electron chi connectivity index (χ4n) is 5.38. The molecular weight excluding hydrogens is 544 g/mol. The molecular formula is C31H38N10O2. The van der Waals surface area contributed by atoms with Gasteiger partial charge in [-0.15, -0.1) is 0 Å². The quantitative estimate of drug-likeness (QED) is 0.190. The molecule has 224 valence electrons. The molecule has 2 saturated heterocycles. The standard InChI is InChI=1S/C31H38N10O2/c1-21-20-22(28(42)36-23-3-7-25(8-4-23)38-12-16-40(17-13-38)30(32)33)2-11-27(21)29(43)37-24-5-9-26(10-6-24)39-14-18-41(19-15-39)31(34)35/h2-11,20H,12-19H2,1H3,(H3,32,33)(H3,34,35)(H,36,42)(H,37,43). The number of amides is 2. The van der Waals surface area contributed by atoms with Crippen LogP contribution in [-0.4, -0.2) is 85.9 Å². The Morgan fingerprint density at radius 3 is 1.44 bits per heavy atom. The Labute approximate surface area is 251 Å². The van der Waals surface area contributed by atoms with Gasteiger partial charge in [0.25, 0.3) is 11.8 Å². The van der Waals surface area contributed by atoms with Gasteiger partial charge in [0.2, 0.25) is 0 Å². The van der Waals surface area contributed by atoms with Crippen molar-refractivity contribution >= 4 is 46.5 Å². The first kappa shape index (κ1) is 29.2. The Kier molecular flexibility index (Phi) is 8.65. The molecule has 0 atom stereocenters. The molecule has 12 heteroatoms. The summed E-state index contributed by atoms with van der Waals surface area (Å²) in [6.45, 7) is 7.73. The summed E-state index contributed by atoms with van der Waals surface area (Å²) in [5.74, 6) is -0.292. The van der Waals surface area contributed by atoms with Gasteiger partial charge in [0, 0.05) is 86.2 Å². The average Bonchev–Trinajstić information content (AvgIpc) is 3.01. The molecule has 2 amide bonds. The van der Waals surface area contributed by atoms with Crippen LogP contribution in [0.2, 0.25) is 0 Å². The van der Waals surface area contributed by atoms with Gasteiger partial charge >= 0.3 is 0 Å². The van der Waals surface area contributed by atoms with Crippen LogP contribution in [0.5, 0.6) is 0 Å². The van der Waals surface area contributed by atoms with Gasteiger partial charge in [-0.3, -0.25) is 20.4 Å². The summed E-state index contributed by atoms with van der Waals surface area (Å²) in [5, 5.41) is 21.0. The second kappa shape index (κ2) is 12.7. The monoisotopic (exact) mass is 582 g/mol. The van der Waals surface area contributed by atoms with E-state index in [9.17, 15) is 9.59 Å². The third kappa shape index (κ3) is 6.97. The molecule has 2 aliphatic rings. The highest BCUT2D eigenvalue weighted by Crippen LogP contribution is 2.22. The lowest BCUT2D eigenvalue weighted by atomic mass is 10.0. The van der Waals surface area contributed by atoms with Crippen LogP contribution in [0.1, 0.15) is 26.3 Å². The Morgan fingerprint density at radius 1 is 0.628 bits per heavy atom. The van der Waals surface area contributed by atoms with Crippen LogP contribution in [0.4, 0.5) is 22.7 Å². The normalized spacial score (nSPS) is 15.2. The molecule has 0 bridgehead atoms. The summed E-state index contributed by atoms with van der Waals surface area (Å²) >= 11 is 0. The van der Waals surface area contributed by atoms with Crippen LogP contribution in [0.25, 0.3) is 0 Å².